The molecule has 0 aliphatic carbocycles. The second-order valence-electron chi connectivity index (χ2n) is 6.85. The number of ether oxygens (including phenoxy) is 1. The van der Waals surface area contributed by atoms with Crippen LogP contribution in [0.25, 0.3) is 5.69 Å². The number of nitrogens with zero attached hydrogens (tertiary/aromatic N) is 5. The van der Waals surface area contributed by atoms with Crippen molar-refractivity contribution < 1.29 is 9.53 Å². The molecule has 7 nitrogen and oxygen atoms in total. The Balaban J connectivity index is 1.51. The zero-order valence-corrected chi connectivity index (χ0v) is 16.0. The van der Waals surface area contributed by atoms with Crippen LogP contribution in [0.1, 0.15) is 17.3 Å². The van der Waals surface area contributed by atoms with Crippen molar-refractivity contribution in [1.82, 2.24) is 19.7 Å². The number of anilines is 1. The Labute approximate surface area is 164 Å². The van der Waals surface area contributed by atoms with E-state index in [1.54, 1.807) is 18.1 Å². The third-order valence-electron chi connectivity index (χ3n) is 5.13. The summed E-state index contributed by atoms with van der Waals surface area (Å²) in [5, 5.41) is 4.18. The topological polar surface area (TPSA) is 63.5 Å². The average Bonchev–Trinajstić information content (AvgIpc) is 3.28. The highest BCUT2D eigenvalue weighted by Crippen LogP contribution is 2.24. The van der Waals surface area contributed by atoms with E-state index in [-0.39, 0.29) is 11.9 Å². The molecule has 1 aliphatic rings. The maximum absolute atomic E-state index is 13.3. The quantitative estimate of drug-likeness (QED) is 0.699. The standard InChI is InChI=1S/C21H23N5O2/c1-16-13-24(17-7-9-18(28-2)10-8-17)11-12-25(16)21(27)19-5-3-4-6-20(19)26-15-22-14-23-26/h3-10,14-16H,11-13H2,1-2H3/t16-/m1/s1. The Morgan fingerprint density at radius 1 is 1.11 bits per heavy atom. The van der Waals surface area contributed by atoms with Gasteiger partial charge in [0, 0.05) is 31.4 Å². The number of piperazine rings is 1. The van der Waals surface area contributed by atoms with Crippen molar-refractivity contribution in [3.05, 3.63) is 66.7 Å². The molecule has 3 aromatic rings. The van der Waals surface area contributed by atoms with Gasteiger partial charge in [-0.15, -0.1) is 0 Å². The van der Waals surface area contributed by atoms with Crippen molar-refractivity contribution in [3.63, 3.8) is 0 Å². The molecule has 0 saturated carbocycles. The van der Waals surface area contributed by atoms with Gasteiger partial charge < -0.3 is 14.5 Å². The molecule has 1 saturated heterocycles. The number of amides is 1. The van der Waals surface area contributed by atoms with Crippen LogP contribution in [0, 0.1) is 0 Å². The number of rotatable bonds is 4. The third-order valence-corrected chi connectivity index (χ3v) is 5.13. The van der Waals surface area contributed by atoms with Crippen LogP contribution >= 0.6 is 0 Å². The van der Waals surface area contributed by atoms with E-state index in [0.717, 1.165) is 30.2 Å². The lowest BCUT2D eigenvalue weighted by Gasteiger charge is -2.41. The van der Waals surface area contributed by atoms with Gasteiger partial charge in [-0.3, -0.25) is 4.79 Å². The van der Waals surface area contributed by atoms with Crippen molar-refractivity contribution >= 4 is 11.6 Å². The van der Waals surface area contributed by atoms with Crippen LogP contribution in [-0.2, 0) is 0 Å². The Bertz CT molecular complexity index is 940. The van der Waals surface area contributed by atoms with Crippen LogP contribution in [0.15, 0.2) is 61.2 Å². The maximum atomic E-state index is 13.3. The zero-order chi connectivity index (χ0) is 19.5. The number of hydrogen-bond donors (Lipinski definition) is 0. The average molecular weight is 377 g/mol. The molecule has 4 rings (SSSR count). The number of aromatic nitrogens is 3. The predicted octanol–water partition coefficient (Wildman–Crippen LogP) is 2.63. The molecule has 1 aliphatic heterocycles. The van der Waals surface area contributed by atoms with E-state index in [2.05, 4.69) is 34.0 Å². The largest absolute Gasteiger partial charge is 0.497 e. The Morgan fingerprint density at radius 2 is 1.89 bits per heavy atom. The third kappa shape index (κ3) is 3.43. The van der Waals surface area contributed by atoms with Gasteiger partial charge in [-0.1, -0.05) is 12.1 Å². The molecular formula is C21H23N5O2. The van der Waals surface area contributed by atoms with Crippen molar-refractivity contribution in [1.29, 1.82) is 0 Å². The van der Waals surface area contributed by atoms with E-state index in [4.69, 9.17) is 4.74 Å². The summed E-state index contributed by atoms with van der Waals surface area (Å²) < 4.78 is 6.86. The van der Waals surface area contributed by atoms with Crippen LogP contribution < -0.4 is 9.64 Å². The van der Waals surface area contributed by atoms with E-state index < -0.39 is 0 Å². The molecule has 1 amide bonds. The lowest BCUT2D eigenvalue weighted by Crippen LogP contribution is -2.54. The number of hydrogen-bond acceptors (Lipinski definition) is 5. The highest BCUT2D eigenvalue weighted by Gasteiger charge is 2.29. The maximum Gasteiger partial charge on any atom is 0.256 e. The van der Waals surface area contributed by atoms with Gasteiger partial charge in [0.1, 0.15) is 18.4 Å². The molecule has 0 spiro atoms. The van der Waals surface area contributed by atoms with Gasteiger partial charge in [0.15, 0.2) is 0 Å². The lowest BCUT2D eigenvalue weighted by atomic mass is 10.1. The van der Waals surface area contributed by atoms with Crippen molar-refractivity contribution in [2.75, 3.05) is 31.6 Å². The molecule has 1 fully saturated rings. The Kier molecular flexibility index (Phi) is 4.97. The van der Waals surface area contributed by atoms with Gasteiger partial charge in [0.2, 0.25) is 0 Å². The minimum Gasteiger partial charge on any atom is -0.497 e. The van der Waals surface area contributed by atoms with Crippen molar-refractivity contribution in [3.8, 4) is 11.4 Å². The minimum atomic E-state index is 0.0213. The van der Waals surface area contributed by atoms with Gasteiger partial charge >= 0.3 is 0 Å². The molecule has 144 valence electrons. The zero-order valence-electron chi connectivity index (χ0n) is 16.0. The summed E-state index contributed by atoms with van der Waals surface area (Å²) in [5.41, 5.74) is 2.52. The smallest absolute Gasteiger partial charge is 0.256 e. The second kappa shape index (κ2) is 7.72. The fraction of sp³-hybridized carbons (Fsp3) is 0.286. The number of carbonyl (C=O) groups excluding carboxylic acids is 1. The molecular weight excluding hydrogens is 354 g/mol. The molecule has 28 heavy (non-hydrogen) atoms. The van der Waals surface area contributed by atoms with E-state index in [1.807, 2.05) is 41.3 Å². The highest BCUT2D eigenvalue weighted by atomic mass is 16.5. The first-order chi connectivity index (χ1) is 13.7. The van der Waals surface area contributed by atoms with E-state index in [1.165, 1.54) is 6.33 Å². The molecule has 2 aromatic carbocycles. The number of carbonyl (C=O) groups is 1. The van der Waals surface area contributed by atoms with Gasteiger partial charge in [0.25, 0.3) is 5.91 Å². The summed E-state index contributed by atoms with van der Waals surface area (Å²) in [5.74, 6) is 0.864. The highest BCUT2D eigenvalue weighted by molar-refractivity contribution is 5.98. The van der Waals surface area contributed by atoms with Crippen LogP contribution in [0.5, 0.6) is 5.75 Å². The van der Waals surface area contributed by atoms with Gasteiger partial charge in [-0.25, -0.2) is 9.67 Å². The second-order valence-corrected chi connectivity index (χ2v) is 6.85. The summed E-state index contributed by atoms with van der Waals surface area (Å²) >= 11 is 0. The molecule has 2 heterocycles. The van der Waals surface area contributed by atoms with Crippen LogP contribution in [0.4, 0.5) is 5.69 Å². The SMILES string of the molecule is COc1ccc(N2CCN(C(=O)c3ccccc3-n3cncn3)[C@H](C)C2)cc1. The fourth-order valence-corrected chi connectivity index (χ4v) is 3.63. The van der Waals surface area contributed by atoms with Crippen LogP contribution in [0.2, 0.25) is 0 Å². The van der Waals surface area contributed by atoms with Gasteiger partial charge in [0.05, 0.1) is 18.4 Å². The normalized spacial score (nSPS) is 16.9. The lowest BCUT2D eigenvalue weighted by molar-refractivity contribution is 0.0674. The first-order valence-electron chi connectivity index (χ1n) is 9.31. The van der Waals surface area contributed by atoms with Crippen molar-refractivity contribution in [2.45, 2.75) is 13.0 Å². The minimum absolute atomic E-state index is 0.0213. The molecule has 0 unspecified atom stereocenters. The van der Waals surface area contributed by atoms with E-state index >= 15 is 0 Å². The molecule has 1 atom stereocenters. The monoisotopic (exact) mass is 377 g/mol. The summed E-state index contributed by atoms with van der Waals surface area (Å²) in [7, 11) is 1.67. The first-order valence-corrected chi connectivity index (χ1v) is 9.31. The first kappa shape index (κ1) is 18.0. The number of methoxy groups -OCH3 is 1. The number of benzene rings is 2. The summed E-state index contributed by atoms with van der Waals surface area (Å²) in [6, 6.07) is 15.7. The van der Waals surface area contributed by atoms with E-state index in [9.17, 15) is 4.79 Å². The van der Waals surface area contributed by atoms with Crippen LogP contribution in [0.3, 0.4) is 0 Å². The summed E-state index contributed by atoms with van der Waals surface area (Å²) in [4.78, 5) is 21.5. The molecule has 7 heteroatoms. The van der Waals surface area contributed by atoms with E-state index in [0.29, 0.717) is 12.1 Å². The predicted molar refractivity (Wildman–Crippen MR) is 107 cm³/mol. The van der Waals surface area contributed by atoms with Crippen LogP contribution in [-0.4, -0.2) is 58.4 Å². The molecule has 0 N–H and O–H groups in total. The fourth-order valence-electron chi connectivity index (χ4n) is 3.63. The van der Waals surface area contributed by atoms with Gasteiger partial charge in [-0.05, 0) is 43.3 Å². The Hall–Kier alpha value is -3.35. The molecule has 0 radical (unpaired) electrons. The summed E-state index contributed by atoms with van der Waals surface area (Å²) in [6.07, 6.45) is 3.08. The number of para-hydroxylation sites is 1. The van der Waals surface area contributed by atoms with Gasteiger partial charge in [-0.2, -0.15) is 5.10 Å². The summed E-state index contributed by atoms with van der Waals surface area (Å²) in [6.45, 7) is 4.32. The Morgan fingerprint density at radius 3 is 2.57 bits per heavy atom. The molecule has 0 bridgehead atoms. The molecule has 1 aromatic heterocycles. The van der Waals surface area contributed by atoms with Crippen molar-refractivity contribution in [2.24, 2.45) is 0 Å².